The quantitative estimate of drug-likeness (QED) is 0.707. The molecule has 0 fully saturated rings. The maximum Gasteiger partial charge on any atom is 0.0972 e. The molecule has 1 rings (SSSR count). The minimum atomic E-state index is 0.0206. The summed E-state index contributed by atoms with van der Waals surface area (Å²) in [5.74, 6) is 0. The van der Waals surface area contributed by atoms with E-state index >= 15 is 0 Å². The third kappa shape index (κ3) is 5.19. The van der Waals surface area contributed by atoms with Crippen LogP contribution in [-0.4, -0.2) is 12.6 Å². The Morgan fingerprint density at radius 3 is 2.33 bits per heavy atom. The lowest BCUT2D eigenvalue weighted by atomic mass is 10.0. The number of aryl methyl sites for hydroxylation is 1. The van der Waals surface area contributed by atoms with Crippen LogP contribution in [0.15, 0.2) is 24.3 Å². The van der Waals surface area contributed by atoms with Gasteiger partial charge in [0.1, 0.15) is 0 Å². The van der Waals surface area contributed by atoms with Gasteiger partial charge in [-0.25, -0.2) is 0 Å². The van der Waals surface area contributed by atoms with E-state index in [1.165, 1.54) is 30.4 Å². The Hall–Kier alpha value is -0.860. The molecule has 1 aromatic rings. The van der Waals surface area contributed by atoms with Gasteiger partial charge in [-0.1, -0.05) is 56.0 Å². The summed E-state index contributed by atoms with van der Waals surface area (Å²) in [6.45, 7) is 7.13. The molecule has 0 heterocycles. The van der Waals surface area contributed by atoms with Gasteiger partial charge in [0.2, 0.25) is 0 Å². The fourth-order valence-electron chi connectivity index (χ4n) is 2.05. The SMILES string of the molecule is CCCCCCOC(c1ccc(C)cc1)C(C)N. The van der Waals surface area contributed by atoms with Crippen molar-refractivity contribution in [3.05, 3.63) is 35.4 Å². The molecule has 0 aromatic heterocycles. The maximum atomic E-state index is 6.02. The molecule has 0 aliphatic heterocycles. The normalized spacial score (nSPS) is 14.4. The Bertz CT molecular complexity index is 318. The van der Waals surface area contributed by atoms with Gasteiger partial charge in [-0.3, -0.25) is 0 Å². The van der Waals surface area contributed by atoms with Gasteiger partial charge in [0.05, 0.1) is 6.10 Å². The van der Waals surface area contributed by atoms with Crippen molar-refractivity contribution in [3.63, 3.8) is 0 Å². The third-order valence-electron chi connectivity index (χ3n) is 3.18. The van der Waals surface area contributed by atoms with Gasteiger partial charge >= 0.3 is 0 Å². The highest BCUT2D eigenvalue weighted by atomic mass is 16.5. The molecule has 2 nitrogen and oxygen atoms in total. The number of unbranched alkanes of at least 4 members (excludes halogenated alkanes) is 3. The Kier molecular flexibility index (Phi) is 6.99. The molecular formula is C16H27NO. The molecule has 0 radical (unpaired) electrons. The first-order valence-corrected chi connectivity index (χ1v) is 7.09. The molecule has 102 valence electrons. The van der Waals surface area contributed by atoms with Crippen molar-refractivity contribution in [2.45, 2.75) is 58.6 Å². The van der Waals surface area contributed by atoms with E-state index in [1.54, 1.807) is 0 Å². The number of hydrogen-bond acceptors (Lipinski definition) is 2. The molecule has 18 heavy (non-hydrogen) atoms. The van der Waals surface area contributed by atoms with Crippen molar-refractivity contribution < 1.29 is 4.74 Å². The Balaban J connectivity index is 2.47. The number of nitrogens with two attached hydrogens (primary N) is 1. The standard InChI is InChI=1S/C16H27NO/c1-4-5-6-7-12-18-16(14(3)17)15-10-8-13(2)9-11-15/h8-11,14,16H,4-7,12,17H2,1-3H3. The van der Waals surface area contributed by atoms with Gasteiger partial charge in [-0.05, 0) is 25.8 Å². The van der Waals surface area contributed by atoms with E-state index < -0.39 is 0 Å². The highest BCUT2D eigenvalue weighted by Gasteiger charge is 2.16. The minimum absolute atomic E-state index is 0.0206. The van der Waals surface area contributed by atoms with Crippen LogP contribution in [0.3, 0.4) is 0 Å². The van der Waals surface area contributed by atoms with Crippen LogP contribution in [0.25, 0.3) is 0 Å². The summed E-state index contributed by atoms with van der Waals surface area (Å²) < 4.78 is 5.95. The summed E-state index contributed by atoms with van der Waals surface area (Å²) in [4.78, 5) is 0. The molecule has 0 saturated heterocycles. The zero-order chi connectivity index (χ0) is 13.4. The van der Waals surface area contributed by atoms with Crippen molar-refractivity contribution in [3.8, 4) is 0 Å². The van der Waals surface area contributed by atoms with Crippen LogP contribution in [0.5, 0.6) is 0 Å². The molecule has 0 bridgehead atoms. The molecule has 0 saturated carbocycles. The van der Waals surface area contributed by atoms with Crippen LogP contribution in [0, 0.1) is 6.92 Å². The van der Waals surface area contributed by atoms with Crippen molar-refractivity contribution in [2.75, 3.05) is 6.61 Å². The van der Waals surface area contributed by atoms with Crippen LogP contribution in [-0.2, 0) is 4.74 Å². The predicted octanol–water partition coefficient (Wildman–Crippen LogP) is 3.98. The Morgan fingerprint density at radius 1 is 1.11 bits per heavy atom. The van der Waals surface area contributed by atoms with Gasteiger partial charge in [0.15, 0.2) is 0 Å². The van der Waals surface area contributed by atoms with Gasteiger partial charge < -0.3 is 10.5 Å². The molecule has 0 aliphatic rings. The summed E-state index contributed by atoms with van der Waals surface area (Å²) in [6, 6.07) is 8.50. The summed E-state index contributed by atoms with van der Waals surface area (Å²) in [5.41, 5.74) is 8.48. The van der Waals surface area contributed by atoms with E-state index in [4.69, 9.17) is 10.5 Å². The second-order valence-electron chi connectivity index (χ2n) is 5.12. The number of ether oxygens (including phenoxy) is 1. The van der Waals surface area contributed by atoms with E-state index in [1.807, 2.05) is 6.92 Å². The minimum Gasteiger partial charge on any atom is -0.372 e. The summed E-state index contributed by atoms with van der Waals surface area (Å²) in [6.07, 6.45) is 4.94. The van der Waals surface area contributed by atoms with Crippen molar-refractivity contribution in [1.29, 1.82) is 0 Å². The van der Waals surface area contributed by atoms with Crippen LogP contribution >= 0.6 is 0 Å². The predicted molar refractivity (Wildman–Crippen MR) is 77.7 cm³/mol. The number of benzene rings is 1. The summed E-state index contributed by atoms with van der Waals surface area (Å²) in [5, 5.41) is 0. The van der Waals surface area contributed by atoms with Crippen LogP contribution < -0.4 is 5.73 Å². The first kappa shape index (κ1) is 15.2. The third-order valence-corrected chi connectivity index (χ3v) is 3.18. The average molecular weight is 249 g/mol. The van der Waals surface area contributed by atoms with E-state index in [-0.39, 0.29) is 12.1 Å². The maximum absolute atomic E-state index is 6.02. The molecule has 2 heteroatoms. The Labute approximate surface area is 112 Å². The highest BCUT2D eigenvalue weighted by molar-refractivity contribution is 5.24. The molecule has 2 unspecified atom stereocenters. The molecule has 2 N–H and O–H groups in total. The lowest BCUT2D eigenvalue weighted by Gasteiger charge is -2.22. The van der Waals surface area contributed by atoms with Gasteiger partial charge in [-0.15, -0.1) is 0 Å². The fourth-order valence-corrected chi connectivity index (χ4v) is 2.05. The van der Waals surface area contributed by atoms with Crippen molar-refractivity contribution in [1.82, 2.24) is 0 Å². The first-order valence-electron chi connectivity index (χ1n) is 7.09. The molecule has 1 aromatic carbocycles. The molecule has 2 atom stereocenters. The van der Waals surface area contributed by atoms with Gasteiger partial charge in [0, 0.05) is 12.6 Å². The molecule has 0 amide bonds. The lowest BCUT2D eigenvalue weighted by molar-refractivity contribution is 0.0359. The van der Waals surface area contributed by atoms with E-state index in [0.29, 0.717) is 0 Å². The van der Waals surface area contributed by atoms with Crippen molar-refractivity contribution in [2.24, 2.45) is 5.73 Å². The zero-order valence-electron chi connectivity index (χ0n) is 12.0. The lowest BCUT2D eigenvalue weighted by Crippen LogP contribution is -2.27. The number of hydrogen-bond donors (Lipinski definition) is 1. The number of rotatable bonds is 8. The zero-order valence-corrected chi connectivity index (χ0v) is 12.0. The topological polar surface area (TPSA) is 35.2 Å². The van der Waals surface area contributed by atoms with E-state index in [0.717, 1.165) is 13.0 Å². The smallest absolute Gasteiger partial charge is 0.0972 e. The monoisotopic (exact) mass is 249 g/mol. The van der Waals surface area contributed by atoms with E-state index in [2.05, 4.69) is 38.1 Å². The highest BCUT2D eigenvalue weighted by Crippen LogP contribution is 2.21. The second-order valence-corrected chi connectivity index (χ2v) is 5.12. The second kappa shape index (κ2) is 8.28. The molecule has 0 aliphatic carbocycles. The Morgan fingerprint density at radius 2 is 1.78 bits per heavy atom. The van der Waals surface area contributed by atoms with Crippen LogP contribution in [0.2, 0.25) is 0 Å². The van der Waals surface area contributed by atoms with Crippen LogP contribution in [0.4, 0.5) is 0 Å². The first-order chi connectivity index (χ1) is 8.65. The summed E-state index contributed by atoms with van der Waals surface area (Å²) in [7, 11) is 0. The fraction of sp³-hybridized carbons (Fsp3) is 0.625. The van der Waals surface area contributed by atoms with Crippen LogP contribution in [0.1, 0.15) is 56.8 Å². The van der Waals surface area contributed by atoms with Crippen molar-refractivity contribution >= 4 is 0 Å². The van der Waals surface area contributed by atoms with E-state index in [9.17, 15) is 0 Å². The molecule has 0 spiro atoms. The molecular weight excluding hydrogens is 222 g/mol. The van der Waals surface area contributed by atoms with Gasteiger partial charge in [-0.2, -0.15) is 0 Å². The average Bonchev–Trinajstić information content (AvgIpc) is 2.35. The van der Waals surface area contributed by atoms with Gasteiger partial charge in [0.25, 0.3) is 0 Å². The largest absolute Gasteiger partial charge is 0.372 e. The summed E-state index contributed by atoms with van der Waals surface area (Å²) >= 11 is 0.